The number of methoxy groups -OCH3 is 1. The van der Waals surface area contributed by atoms with E-state index in [2.05, 4.69) is 15.8 Å². The largest absolute Gasteiger partial charge is 0.497 e. The summed E-state index contributed by atoms with van der Waals surface area (Å²) in [5.74, 6) is 0.0349. The molecule has 2 amide bonds. The Morgan fingerprint density at radius 3 is 2.73 bits per heavy atom. The second-order valence-electron chi connectivity index (χ2n) is 6.59. The number of carbonyl (C=O) groups is 2. The highest BCUT2D eigenvalue weighted by Gasteiger charge is 2.09. The van der Waals surface area contributed by atoms with Crippen LogP contribution in [0.1, 0.15) is 15.9 Å². The zero-order valence-electron chi connectivity index (χ0n) is 16.2. The molecule has 30 heavy (non-hydrogen) atoms. The number of amides is 2. The Kier molecular flexibility index (Phi) is 5.72. The third-order valence-electron chi connectivity index (χ3n) is 4.62. The van der Waals surface area contributed by atoms with E-state index < -0.39 is 5.91 Å². The van der Waals surface area contributed by atoms with Gasteiger partial charge in [-0.3, -0.25) is 9.59 Å². The molecule has 0 saturated carbocycles. The standard InChI is InChI=1S/C23H19N3O3S/c1-29-19-9-8-15-10-17(7-6-16(15)11-19)23(28)24-13-22(27)26-25-12-18-14-30-21-5-3-2-4-20(18)21/h2-12,14H,13H2,1H3,(H,24,28)(H,26,27). The lowest BCUT2D eigenvalue weighted by atomic mass is 10.1. The van der Waals surface area contributed by atoms with Crippen molar-refractivity contribution in [3.63, 3.8) is 0 Å². The van der Waals surface area contributed by atoms with E-state index >= 15 is 0 Å². The highest BCUT2D eigenvalue weighted by molar-refractivity contribution is 7.17. The number of hydrogen-bond acceptors (Lipinski definition) is 5. The van der Waals surface area contributed by atoms with Crippen molar-refractivity contribution in [3.05, 3.63) is 77.2 Å². The number of hydrazone groups is 1. The van der Waals surface area contributed by atoms with Gasteiger partial charge in [0, 0.05) is 26.6 Å². The van der Waals surface area contributed by atoms with Gasteiger partial charge in [-0.2, -0.15) is 5.10 Å². The third kappa shape index (κ3) is 4.31. The molecule has 0 atom stereocenters. The number of rotatable bonds is 6. The second-order valence-corrected chi connectivity index (χ2v) is 7.50. The number of nitrogens with one attached hydrogen (secondary N) is 2. The number of ether oxygens (including phenoxy) is 1. The van der Waals surface area contributed by atoms with Crippen molar-refractivity contribution in [2.24, 2.45) is 5.10 Å². The molecule has 0 unspecified atom stereocenters. The van der Waals surface area contributed by atoms with Gasteiger partial charge in [-0.05, 0) is 41.1 Å². The van der Waals surface area contributed by atoms with Crippen LogP contribution in [-0.4, -0.2) is 31.7 Å². The maximum Gasteiger partial charge on any atom is 0.259 e. The minimum absolute atomic E-state index is 0.165. The molecule has 1 aromatic heterocycles. The summed E-state index contributed by atoms with van der Waals surface area (Å²) < 4.78 is 6.37. The lowest BCUT2D eigenvalue weighted by Gasteiger charge is -2.07. The molecule has 0 aliphatic carbocycles. The van der Waals surface area contributed by atoms with Gasteiger partial charge in [-0.25, -0.2) is 5.43 Å². The fraction of sp³-hybridized carbons (Fsp3) is 0.0870. The Morgan fingerprint density at radius 2 is 1.87 bits per heavy atom. The van der Waals surface area contributed by atoms with E-state index in [9.17, 15) is 9.59 Å². The number of hydrogen-bond donors (Lipinski definition) is 2. The molecule has 0 saturated heterocycles. The molecule has 3 aromatic carbocycles. The zero-order valence-corrected chi connectivity index (χ0v) is 17.0. The van der Waals surface area contributed by atoms with Gasteiger partial charge in [0.05, 0.1) is 19.9 Å². The number of benzene rings is 3. The van der Waals surface area contributed by atoms with Gasteiger partial charge in [0.25, 0.3) is 11.8 Å². The van der Waals surface area contributed by atoms with E-state index in [4.69, 9.17) is 4.74 Å². The average molecular weight is 417 g/mol. The van der Waals surface area contributed by atoms with Gasteiger partial charge < -0.3 is 10.1 Å². The number of carbonyl (C=O) groups excluding carboxylic acids is 2. The summed E-state index contributed by atoms with van der Waals surface area (Å²) in [6.07, 6.45) is 1.61. The molecule has 1 heterocycles. The average Bonchev–Trinajstić information content (AvgIpc) is 3.20. The van der Waals surface area contributed by atoms with Crippen molar-refractivity contribution in [3.8, 4) is 5.75 Å². The predicted molar refractivity (Wildman–Crippen MR) is 120 cm³/mol. The van der Waals surface area contributed by atoms with E-state index in [-0.39, 0.29) is 12.5 Å². The summed E-state index contributed by atoms with van der Waals surface area (Å²) in [7, 11) is 1.61. The smallest absolute Gasteiger partial charge is 0.259 e. The summed E-state index contributed by atoms with van der Waals surface area (Å²) in [6, 6.07) is 19.0. The van der Waals surface area contributed by atoms with E-state index in [0.717, 1.165) is 32.2 Å². The Labute approximate surface area is 177 Å². The summed E-state index contributed by atoms with van der Waals surface area (Å²) in [4.78, 5) is 24.4. The Bertz CT molecular complexity index is 1260. The molecule has 0 radical (unpaired) electrons. The summed E-state index contributed by atoms with van der Waals surface area (Å²) >= 11 is 1.62. The highest BCUT2D eigenvalue weighted by atomic mass is 32.1. The zero-order chi connectivity index (χ0) is 20.9. The Balaban J connectivity index is 1.33. The topological polar surface area (TPSA) is 79.8 Å². The van der Waals surface area contributed by atoms with Crippen LogP contribution in [0.4, 0.5) is 0 Å². The normalized spacial score (nSPS) is 11.1. The van der Waals surface area contributed by atoms with Crippen molar-refractivity contribution in [2.45, 2.75) is 0 Å². The number of nitrogens with zero attached hydrogens (tertiary/aromatic N) is 1. The Morgan fingerprint density at radius 1 is 1.07 bits per heavy atom. The van der Waals surface area contributed by atoms with Crippen molar-refractivity contribution >= 4 is 50.2 Å². The quantitative estimate of drug-likeness (QED) is 0.368. The minimum Gasteiger partial charge on any atom is -0.497 e. The highest BCUT2D eigenvalue weighted by Crippen LogP contribution is 2.24. The fourth-order valence-corrected chi connectivity index (χ4v) is 3.98. The molecule has 4 rings (SSSR count). The van der Waals surface area contributed by atoms with Gasteiger partial charge >= 0.3 is 0 Å². The SMILES string of the molecule is COc1ccc2cc(C(=O)NCC(=O)NN=Cc3csc4ccccc34)ccc2c1. The van der Waals surface area contributed by atoms with Crippen molar-refractivity contribution < 1.29 is 14.3 Å². The van der Waals surface area contributed by atoms with Crippen molar-refractivity contribution in [1.29, 1.82) is 0 Å². The van der Waals surface area contributed by atoms with E-state index in [1.54, 1.807) is 36.8 Å². The third-order valence-corrected chi connectivity index (χ3v) is 5.60. The van der Waals surface area contributed by atoms with Crippen LogP contribution in [0, 0.1) is 0 Å². The molecule has 6 nitrogen and oxygen atoms in total. The summed E-state index contributed by atoms with van der Waals surface area (Å²) in [5.41, 5.74) is 3.86. The molecule has 150 valence electrons. The molecular weight excluding hydrogens is 398 g/mol. The summed E-state index contributed by atoms with van der Waals surface area (Å²) in [6.45, 7) is -0.165. The monoisotopic (exact) mass is 417 g/mol. The van der Waals surface area contributed by atoms with E-state index in [1.165, 1.54) is 0 Å². The first-order valence-electron chi connectivity index (χ1n) is 9.28. The van der Waals surface area contributed by atoms with E-state index in [0.29, 0.717) is 5.56 Å². The lowest BCUT2D eigenvalue weighted by Crippen LogP contribution is -2.34. The van der Waals surface area contributed by atoms with E-state index in [1.807, 2.05) is 53.9 Å². The minimum atomic E-state index is -0.398. The van der Waals surface area contributed by atoms with Crippen LogP contribution in [0.25, 0.3) is 20.9 Å². The number of thiophene rings is 1. The lowest BCUT2D eigenvalue weighted by molar-refractivity contribution is -0.120. The molecule has 0 aliphatic heterocycles. The fourth-order valence-electron chi connectivity index (χ4n) is 3.07. The molecule has 0 bridgehead atoms. The van der Waals surface area contributed by atoms with Gasteiger partial charge in [-0.1, -0.05) is 30.3 Å². The first-order valence-corrected chi connectivity index (χ1v) is 10.2. The van der Waals surface area contributed by atoms with Crippen LogP contribution < -0.4 is 15.5 Å². The van der Waals surface area contributed by atoms with Gasteiger partial charge in [0.15, 0.2) is 0 Å². The predicted octanol–water partition coefficient (Wildman–Crippen LogP) is 3.94. The van der Waals surface area contributed by atoms with Crippen LogP contribution in [0.2, 0.25) is 0 Å². The molecule has 0 aliphatic rings. The van der Waals surface area contributed by atoms with Gasteiger partial charge in [0.2, 0.25) is 0 Å². The van der Waals surface area contributed by atoms with Gasteiger partial charge in [0.1, 0.15) is 5.75 Å². The van der Waals surface area contributed by atoms with Crippen LogP contribution in [0.15, 0.2) is 71.1 Å². The van der Waals surface area contributed by atoms with Crippen LogP contribution in [-0.2, 0) is 4.79 Å². The first kappa shape index (κ1) is 19.6. The second kappa shape index (κ2) is 8.75. The van der Waals surface area contributed by atoms with Crippen molar-refractivity contribution in [1.82, 2.24) is 10.7 Å². The molecular formula is C23H19N3O3S. The first-order chi connectivity index (χ1) is 14.6. The maximum absolute atomic E-state index is 12.4. The van der Waals surface area contributed by atoms with Crippen LogP contribution >= 0.6 is 11.3 Å². The molecule has 7 heteroatoms. The molecule has 2 N–H and O–H groups in total. The Hall–Kier alpha value is -3.71. The molecule has 4 aromatic rings. The van der Waals surface area contributed by atoms with Crippen LogP contribution in [0.3, 0.4) is 0 Å². The maximum atomic E-state index is 12.4. The molecule has 0 spiro atoms. The van der Waals surface area contributed by atoms with Crippen molar-refractivity contribution in [2.75, 3.05) is 13.7 Å². The molecule has 0 fully saturated rings. The van der Waals surface area contributed by atoms with Crippen LogP contribution in [0.5, 0.6) is 5.75 Å². The summed E-state index contributed by atoms with van der Waals surface area (Å²) in [5, 5.41) is 11.6. The van der Waals surface area contributed by atoms with Gasteiger partial charge in [-0.15, -0.1) is 11.3 Å². The number of fused-ring (bicyclic) bond motifs is 2.